The Kier molecular flexibility index (Phi) is 7.27. The molecule has 0 saturated heterocycles. The fourth-order valence-electron chi connectivity index (χ4n) is 2.87. The van der Waals surface area contributed by atoms with Gasteiger partial charge in [-0.2, -0.15) is 0 Å². The van der Waals surface area contributed by atoms with Crippen LogP contribution in [0.2, 0.25) is 0 Å². The summed E-state index contributed by atoms with van der Waals surface area (Å²) in [7, 11) is 1.73. The van der Waals surface area contributed by atoms with Crippen LogP contribution in [0.5, 0.6) is 17.2 Å². The Balaban J connectivity index is 1.63. The highest BCUT2D eigenvalue weighted by Crippen LogP contribution is 2.25. The van der Waals surface area contributed by atoms with Gasteiger partial charge in [-0.25, -0.2) is 0 Å². The summed E-state index contributed by atoms with van der Waals surface area (Å²) in [6.45, 7) is 5.05. The molecule has 0 aliphatic heterocycles. The first-order valence-electron chi connectivity index (χ1n) is 10.2. The van der Waals surface area contributed by atoms with Gasteiger partial charge >= 0.3 is 0 Å². The van der Waals surface area contributed by atoms with Crippen molar-refractivity contribution in [3.05, 3.63) is 83.9 Å². The molecule has 0 fully saturated rings. The number of hydrogen-bond donors (Lipinski definition) is 1. The van der Waals surface area contributed by atoms with Crippen LogP contribution in [0.25, 0.3) is 0 Å². The third-order valence-corrected chi connectivity index (χ3v) is 4.68. The molecule has 0 radical (unpaired) electrons. The smallest absolute Gasteiger partial charge is 0.255 e. The summed E-state index contributed by atoms with van der Waals surface area (Å²) in [6, 6.07) is 21.2. The number of carbonyl (C=O) groups is 2. The summed E-state index contributed by atoms with van der Waals surface area (Å²) in [5.74, 6) is 1.73. The minimum Gasteiger partial charge on any atom is -0.494 e. The van der Waals surface area contributed by atoms with Crippen molar-refractivity contribution < 1.29 is 19.1 Å². The van der Waals surface area contributed by atoms with E-state index in [1.807, 2.05) is 38.1 Å². The molecular weight excluding hydrogens is 392 g/mol. The van der Waals surface area contributed by atoms with Crippen LogP contribution >= 0.6 is 0 Å². The fraction of sp³-hybridized carbons (Fsp3) is 0.200. The van der Waals surface area contributed by atoms with Gasteiger partial charge in [0.05, 0.1) is 6.61 Å². The second-order valence-corrected chi connectivity index (χ2v) is 6.89. The summed E-state index contributed by atoms with van der Waals surface area (Å²) in [5, 5.41) is 2.84. The molecule has 0 aliphatic carbocycles. The van der Waals surface area contributed by atoms with Crippen molar-refractivity contribution in [2.75, 3.05) is 25.5 Å². The van der Waals surface area contributed by atoms with E-state index in [4.69, 9.17) is 9.47 Å². The van der Waals surface area contributed by atoms with E-state index < -0.39 is 0 Å². The van der Waals surface area contributed by atoms with Crippen LogP contribution in [0.15, 0.2) is 72.8 Å². The minimum atomic E-state index is -0.283. The van der Waals surface area contributed by atoms with Crippen molar-refractivity contribution in [2.45, 2.75) is 13.8 Å². The van der Waals surface area contributed by atoms with Crippen molar-refractivity contribution in [3.8, 4) is 17.2 Å². The molecule has 6 nitrogen and oxygen atoms in total. The summed E-state index contributed by atoms with van der Waals surface area (Å²) in [5.41, 5.74) is 1.53. The Labute approximate surface area is 182 Å². The van der Waals surface area contributed by atoms with Gasteiger partial charge in [0.1, 0.15) is 17.2 Å². The molecule has 0 saturated carbocycles. The van der Waals surface area contributed by atoms with Gasteiger partial charge in [-0.05, 0) is 80.6 Å². The number of carbonyl (C=O) groups excluding carboxylic acids is 2. The van der Waals surface area contributed by atoms with Crippen molar-refractivity contribution in [1.29, 1.82) is 0 Å². The van der Waals surface area contributed by atoms with Crippen LogP contribution in [0.4, 0.5) is 5.69 Å². The van der Waals surface area contributed by atoms with Crippen LogP contribution in [-0.2, 0) is 0 Å². The molecule has 160 valence electrons. The Hall–Kier alpha value is -3.80. The largest absolute Gasteiger partial charge is 0.494 e. The van der Waals surface area contributed by atoms with Crippen LogP contribution in [0.1, 0.15) is 34.6 Å². The Bertz CT molecular complexity index is 1030. The first-order chi connectivity index (χ1) is 15.0. The van der Waals surface area contributed by atoms with Gasteiger partial charge < -0.3 is 19.7 Å². The van der Waals surface area contributed by atoms with Gasteiger partial charge in [-0.1, -0.05) is 6.07 Å². The van der Waals surface area contributed by atoms with Gasteiger partial charge in [0.2, 0.25) is 0 Å². The zero-order valence-corrected chi connectivity index (χ0v) is 17.9. The van der Waals surface area contributed by atoms with Crippen LogP contribution < -0.4 is 14.8 Å². The molecule has 3 aromatic carbocycles. The highest BCUT2D eigenvalue weighted by molar-refractivity contribution is 6.06. The number of nitrogens with one attached hydrogen (secondary N) is 1. The van der Waals surface area contributed by atoms with Gasteiger partial charge in [-0.3, -0.25) is 9.59 Å². The molecule has 0 aromatic heterocycles. The topological polar surface area (TPSA) is 67.9 Å². The molecular formula is C25H26N2O4. The van der Waals surface area contributed by atoms with E-state index in [0.717, 1.165) is 5.75 Å². The second kappa shape index (κ2) is 10.3. The minimum absolute atomic E-state index is 0.118. The van der Waals surface area contributed by atoms with Crippen LogP contribution in [0.3, 0.4) is 0 Å². The van der Waals surface area contributed by atoms with Crippen LogP contribution in [-0.4, -0.2) is 36.9 Å². The summed E-state index contributed by atoms with van der Waals surface area (Å²) in [6.07, 6.45) is 0. The molecule has 0 heterocycles. The normalized spacial score (nSPS) is 10.3. The van der Waals surface area contributed by atoms with Crippen molar-refractivity contribution in [3.63, 3.8) is 0 Å². The first-order valence-corrected chi connectivity index (χ1v) is 10.2. The SMILES string of the molecule is CCOc1ccc(Oc2ccc(NC(=O)c3cccc(C(=O)N(C)CC)c3)cc2)cc1. The van der Waals surface area contributed by atoms with Crippen molar-refractivity contribution >= 4 is 17.5 Å². The van der Waals surface area contributed by atoms with Gasteiger partial charge in [0.15, 0.2) is 0 Å². The second-order valence-electron chi connectivity index (χ2n) is 6.89. The molecule has 1 N–H and O–H groups in total. The molecule has 31 heavy (non-hydrogen) atoms. The van der Waals surface area contributed by atoms with E-state index in [9.17, 15) is 9.59 Å². The van der Waals surface area contributed by atoms with E-state index in [1.165, 1.54) is 0 Å². The number of amides is 2. The summed E-state index contributed by atoms with van der Waals surface area (Å²) < 4.78 is 11.2. The molecule has 0 bridgehead atoms. The molecule has 6 heteroatoms. The molecule has 0 atom stereocenters. The highest BCUT2D eigenvalue weighted by atomic mass is 16.5. The third kappa shape index (κ3) is 5.85. The number of hydrogen-bond acceptors (Lipinski definition) is 4. The predicted octanol–water partition coefficient (Wildman–Crippen LogP) is 5.22. The third-order valence-electron chi connectivity index (χ3n) is 4.68. The molecule has 0 aliphatic rings. The monoisotopic (exact) mass is 418 g/mol. The number of ether oxygens (including phenoxy) is 2. The predicted molar refractivity (Wildman–Crippen MR) is 121 cm³/mol. The van der Waals surface area contributed by atoms with Crippen molar-refractivity contribution in [1.82, 2.24) is 4.90 Å². The fourth-order valence-corrected chi connectivity index (χ4v) is 2.87. The standard InChI is InChI=1S/C25H26N2O4/c1-4-27(3)25(29)19-8-6-7-18(17-19)24(28)26-20-9-11-22(12-10-20)31-23-15-13-21(14-16-23)30-5-2/h6-17H,4-5H2,1-3H3,(H,26,28). The maximum absolute atomic E-state index is 12.6. The molecule has 3 aromatic rings. The Morgan fingerprint density at radius 3 is 2.03 bits per heavy atom. The van der Waals surface area contributed by atoms with E-state index in [0.29, 0.717) is 41.5 Å². The maximum atomic E-state index is 12.6. The van der Waals surface area contributed by atoms with Gasteiger partial charge in [0, 0.05) is 30.4 Å². The molecule has 0 spiro atoms. The number of anilines is 1. The molecule has 2 amide bonds. The van der Waals surface area contributed by atoms with Gasteiger partial charge in [-0.15, -0.1) is 0 Å². The Morgan fingerprint density at radius 2 is 1.42 bits per heavy atom. The average Bonchev–Trinajstić information content (AvgIpc) is 2.81. The summed E-state index contributed by atoms with van der Waals surface area (Å²) in [4.78, 5) is 26.5. The lowest BCUT2D eigenvalue weighted by atomic mass is 10.1. The summed E-state index contributed by atoms with van der Waals surface area (Å²) >= 11 is 0. The first kappa shape index (κ1) is 21.9. The zero-order valence-electron chi connectivity index (χ0n) is 17.9. The molecule has 3 rings (SSSR count). The van der Waals surface area contributed by atoms with Crippen molar-refractivity contribution in [2.24, 2.45) is 0 Å². The number of benzene rings is 3. The highest BCUT2D eigenvalue weighted by Gasteiger charge is 2.13. The lowest BCUT2D eigenvalue weighted by molar-refractivity contribution is 0.0802. The van der Waals surface area contributed by atoms with Gasteiger partial charge in [0.25, 0.3) is 11.8 Å². The molecule has 0 unspecified atom stereocenters. The van der Waals surface area contributed by atoms with Crippen LogP contribution in [0, 0.1) is 0 Å². The maximum Gasteiger partial charge on any atom is 0.255 e. The average molecular weight is 418 g/mol. The van der Waals surface area contributed by atoms with E-state index in [-0.39, 0.29) is 11.8 Å². The number of nitrogens with zero attached hydrogens (tertiary/aromatic N) is 1. The lowest BCUT2D eigenvalue weighted by Gasteiger charge is -2.15. The van der Waals surface area contributed by atoms with E-state index in [2.05, 4.69) is 5.32 Å². The van der Waals surface area contributed by atoms with E-state index in [1.54, 1.807) is 60.5 Å². The lowest BCUT2D eigenvalue weighted by Crippen LogP contribution is -2.26. The van der Waals surface area contributed by atoms with E-state index >= 15 is 0 Å². The Morgan fingerprint density at radius 1 is 0.839 bits per heavy atom. The zero-order chi connectivity index (χ0) is 22.2. The number of rotatable bonds is 8. The quantitative estimate of drug-likeness (QED) is 0.544.